The van der Waals surface area contributed by atoms with E-state index in [9.17, 15) is 14.4 Å². The number of para-hydroxylation sites is 1. The predicted octanol–water partition coefficient (Wildman–Crippen LogP) is 13.2. The normalized spacial score (nSPS) is 10.6. The molecule has 10 rings (SSSR count). The predicted molar refractivity (Wildman–Crippen MR) is 286 cm³/mol. The van der Waals surface area contributed by atoms with E-state index >= 15 is 0 Å². The Morgan fingerprint density at radius 1 is 0.429 bits per heavy atom. The second-order valence-corrected chi connectivity index (χ2v) is 17.8. The lowest BCUT2D eigenvalue weighted by Gasteiger charge is -2.05. The van der Waals surface area contributed by atoms with Gasteiger partial charge < -0.3 is 32.5 Å². The summed E-state index contributed by atoms with van der Waals surface area (Å²) in [5.74, 6) is 1.17. The number of aryl methyl sites for hydroxylation is 7. The molecule has 0 bridgehead atoms. The Morgan fingerprint density at radius 3 is 1.18 bits per heavy atom. The minimum atomic E-state index is -0.503. The topological polar surface area (TPSA) is 205 Å². The van der Waals surface area contributed by atoms with E-state index in [1.54, 1.807) is 68.4 Å². The average molecular weight is 1030 g/mol. The minimum absolute atomic E-state index is 0.0139. The van der Waals surface area contributed by atoms with Gasteiger partial charge in [0.15, 0.2) is 37.1 Å². The molecule has 0 aliphatic carbocycles. The molecule has 6 aromatic heterocycles. The summed E-state index contributed by atoms with van der Waals surface area (Å²) in [5, 5.41) is 12.1. The highest BCUT2D eigenvalue weighted by atomic mass is 16.6. The van der Waals surface area contributed by atoms with E-state index in [0.29, 0.717) is 74.1 Å². The summed E-state index contributed by atoms with van der Waals surface area (Å²) in [7, 11) is 0. The van der Waals surface area contributed by atoms with Gasteiger partial charge in [-0.05, 0) is 90.9 Å². The monoisotopic (exact) mass is 1030 g/mol. The van der Waals surface area contributed by atoms with Gasteiger partial charge in [-0.25, -0.2) is 19.4 Å². The number of carbonyl (C=O) groups is 3. The van der Waals surface area contributed by atoms with Gasteiger partial charge in [0.2, 0.25) is 5.88 Å². The van der Waals surface area contributed by atoms with Crippen molar-refractivity contribution in [2.24, 2.45) is 0 Å². The highest BCUT2D eigenvalue weighted by Gasteiger charge is 2.17. The van der Waals surface area contributed by atoms with Crippen LogP contribution in [0.2, 0.25) is 0 Å². The van der Waals surface area contributed by atoms with Crippen molar-refractivity contribution in [2.45, 2.75) is 68.3 Å². The Labute approximate surface area is 444 Å². The molecule has 6 heterocycles. The second-order valence-electron chi connectivity index (χ2n) is 17.8. The first kappa shape index (κ1) is 53.5. The largest absolute Gasteiger partial charge is 0.454 e. The summed E-state index contributed by atoms with van der Waals surface area (Å²) >= 11 is 0. The lowest BCUT2D eigenvalue weighted by Crippen LogP contribution is -2.08. The van der Waals surface area contributed by atoms with Crippen molar-refractivity contribution in [1.29, 1.82) is 0 Å². The molecule has 10 aromatic rings. The zero-order chi connectivity index (χ0) is 54.3. The van der Waals surface area contributed by atoms with Crippen LogP contribution < -0.4 is 4.74 Å². The summed E-state index contributed by atoms with van der Waals surface area (Å²) in [5.41, 5.74) is 12.8. The van der Waals surface area contributed by atoms with Gasteiger partial charge in [0.1, 0.15) is 22.8 Å². The van der Waals surface area contributed by atoms with Crippen LogP contribution in [0.25, 0.3) is 33.8 Å². The third kappa shape index (κ3) is 15.1. The van der Waals surface area contributed by atoms with Crippen LogP contribution in [0.5, 0.6) is 11.6 Å². The molecule has 4 aromatic carbocycles. The lowest BCUT2D eigenvalue weighted by atomic mass is 10.1. The quantitative estimate of drug-likeness (QED) is 0.0733. The SMILES string of the molecule is Cc1ccc(-c2cc(COC(=O)c3ccc(C)nc3C)on2)cc1.Cc1ccc(-c2cc(COC(=O)c3ccc(C)nc3C)on2)cc1.Cc1ccc(-c2cc(COC(=O)c3ccc(Oc4ccccc4)nc3)on2)cc1. The van der Waals surface area contributed by atoms with Gasteiger partial charge in [-0.3, -0.25) is 9.97 Å². The van der Waals surface area contributed by atoms with E-state index in [1.807, 2.05) is 138 Å². The lowest BCUT2D eigenvalue weighted by molar-refractivity contribution is 0.0428. The molecule has 0 amide bonds. The van der Waals surface area contributed by atoms with E-state index in [4.69, 9.17) is 32.5 Å². The van der Waals surface area contributed by atoms with Crippen molar-refractivity contribution in [1.82, 2.24) is 30.4 Å². The summed E-state index contributed by atoms with van der Waals surface area (Å²) in [6.07, 6.45) is 1.42. The van der Waals surface area contributed by atoms with Gasteiger partial charge in [-0.1, -0.05) is 123 Å². The number of carbonyl (C=O) groups excluding carboxylic acids is 3. The smallest absolute Gasteiger partial charge is 0.340 e. The van der Waals surface area contributed by atoms with Crippen LogP contribution in [0.3, 0.4) is 0 Å². The third-order valence-corrected chi connectivity index (χ3v) is 11.6. The van der Waals surface area contributed by atoms with Crippen LogP contribution in [0.1, 0.15) is 87.8 Å². The highest BCUT2D eigenvalue weighted by molar-refractivity contribution is 5.91. The Balaban J connectivity index is 0.000000154. The molecular formula is C61H54N6O10. The fourth-order valence-corrected chi connectivity index (χ4v) is 7.35. The highest BCUT2D eigenvalue weighted by Crippen LogP contribution is 2.24. The molecular weight excluding hydrogens is 977 g/mol. The minimum Gasteiger partial charge on any atom is -0.454 e. The van der Waals surface area contributed by atoms with Crippen LogP contribution in [-0.2, 0) is 34.0 Å². The number of ether oxygens (including phenoxy) is 4. The number of pyridine rings is 3. The molecule has 16 heteroatoms. The van der Waals surface area contributed by atoms with Gasteiger partial charge in [0.05, 0.1) is 28.1 Å². The number of benzene rings is 4. The number of esters is 3. The fourth-order valence-electron chi connectivity index (χ4n) is 7.35. The van der Waals surface area contributed by atoms with Crippen LogP contribution in [0, 0.1) is 48.5 Å². The van der Waals surface area contributed by atoms with Crippen LogP contribution in [0.15, 0.2) is 177 Å². The average Bonchev–Trinajstić information content (AvgIpc) is 4.23. The van der Waals surface area contributed by atoms with Gasteiger partial charge >= 0.3 is 17.9 Å². The molecule has 0 spiro atoms. The first-order valence-corrected chi connectivity index (χ1v) is 24.4. The molecule has 0 atom stereocenters. The molecule has 0 saturated carbocycles. The van der Waals surface area contributed by atoms with Gasteiger partial charge in [0, 0.05) is 58.5 Å². The molecule has 0 unspecified atom stereocenters. The molecule has 77 heavy (non-hydrogen) atoms. The van der Waals surface area contributed by atoms with E-state index in [-0.39, 0.29) is 19.8 Å². The van der Waals surface area contributed by atoms with E-state index in [2.05, 4.69) is 30.4 Å². The molecule has 0 saturated heterocycles. The zero-order valence-corrected chi connectivity index (χ0v) is 43.5. The van der Waals surface area contributed by atoms with Crippen LogP contribution in [-0.4, -0.2) is 48.3 Å². The number of hydrogen-bond acceptors (Lipinski definition) is 16. The van der Waals surface area contributed by atoms with Gasteiger partial charge in [-0.2, -0.15) is 0 Å². The Kier molecular flexibility index (Phi) is 17.6. The summed E-state index contributed by atoms with van der Waals surface area (Å²) < 4.78 is 37.2. The van der Waals surface area contributed by atoms with Crippen molar-refractivity contribution in [3.63, 3.8) is 0 Å². The van der Waals surface area contributed by atoms with Crippen molar-refractivity contribution >= 4 is 17.9 Å². The van der Waals surface area contributed by atoms with Crippen molar-refractivity contribution in [2.75, 3.05) is 0 Å². The number of rotatable bonds is 14. The zero-order valence-electron chi connectivity index (χ0n) is 43.5. The Bertz CT molecular complexity index is 3420. The maximum absolute atomic E-state index is 12.2. The first-order valence-electron chi connectivity index (χ1n) is 24.4. The number of nitrogens with zero attached hydrogens (tertiary/aromatic N) is 6. The molecule has 16 nitrogen and oxygen atoms in total. The second kappa shape index (κ2) is 25.4. The van der Waals surface area contributed by atoms with Crippen LogP contribution in [0.4, 0.5) is 0 Å². The Hall–Kier alpha value is -9.83. The van der Waals surface area contributed by atoms with E-state index < -0.39 is 17.9 Å². The summed E-state index contributed by atoms with van der Waals surface area (Å²) in [6, 6.07) is 48.7. The van der Waals surface area contributed by atoms with E-state index in [0.717, 1.165) is 28.1 Å². The molecule has 0 radical (unpaired) electrons. The maximum Gasteiger partial charge on any atom is 0.340 e. The van der Waals surface area contributed by atoms with Crippen molar-refractivity contribution < 1.29 is 46.9 Å². The fraction of sp³-hybridized carbons (Fsp3) is 0.164. The molecule has 388 valence electrons. The third-order valence-electron chi connectivity index (χ3n) is 11.6. The van der Waals surface area contributed by atoms with Crippen LogP contribution >= 0.6 is 0 Å². The first-order chi connectivity index (χ1) is 37.2. The maximum atomic E-state index is 12.2. The van der Waals surface area contributed by atoms with Gasteiger partial charge in [-0.15, -0.1) is 0 Å². The molecule has 0 aliphatic rings. The summed E-state index contributed by atoms with van der Waals surface area (Å²) in [6.45, 7) is 13.5. The number of aromatic nitrogens is 6. The van der Waals surface area contributed by atoms with Crippen molar-refractivity contribution in [3.05, 3.63) is 237 Å². The molecule has 0 aliphatic heterocycles. The number of hydrogen-bond donors (Lipinski definition) is 0. The molecule has 0 N–H and O–H groups in total. The standard InChI is InChI=1S/C23H18N2O4.2C19H18N2O3/c1-16-7-9-17(10-8-16)21-13-20(29-25-21)15-27-23(26)18-11-12-22(24-14-18)28-19-5-3-2-4-6-19;2*1-12-4-7-15(8-5-12)18-10-16(24-21-18)11-23-19(22)17-9-6-13(2)20-14(17)3/h2-14H,15H2,1H3;2*4-10H,11H2,1-3H3. The van der Waals surface area contributed by atoms with Gasteiger partial charge in [0.25, 0.3) is 0 Å². The molecule has 0 fully saturated rings. The summed E-state index contributed by atoms with van der Waals surface area (Å²) in [4.78, 5) is 49.2. The van der Waals surface area contributed by atoms with Crippen molar-refractivity contribution in [3.8, 4) is 45.4 Å². The Morgan fingerprint density at radius 2 is 0.818 bits per heavy atom. The van der Waals surface area contributed by atoms with E-state index in [1.165, 1.54) is 22.9 Å².